The highest BCUT2D eigenvalue weighted by molar-refractivity contribution is 5.84. The zero-order chi connectivity index (χ0) is 16.2. The highest BCUT2D eigenvalue weighted by atomic mass is 16.3. The molecule has 0 radical (unpaired) electrons. The Balaban J connectivity index is 1.63. The van der Waals surface area contributed by atoms with Crippen molar-refractivity contribution in [3.8, 4) is 5.75 Å². The molecule has 1 unspecified atom stereocenters. The van der Waals surface area contributed by atoms with Crippen LogP contribution in [0, 0.1) is 5.92 Å². The van der Waals surface area contributed by atoms with Crippen LogP contribution in [0.15, 0.2) is 54.7 Å². The molecule has 3 rings (SSSR count). The molecule has 0 aliphatic carbocycles. The summed E-state index contributed by atoms with van der Waals surface area (Å²) in [6.07, 6.45) is 2.65. The predicted molar refractivity (Wildman–Crippen MR) is 91.1 cm³/mol. The fourth-order valence-corrected chi connectivity index (χ4v) is 2.74. The molecule has 118 valence electrons. The summed E-state index contributed by atoms with van der Waals surface area (Å²) in [4.78, 5) is 15.5. The number of carbonyl (C=O) groups is 1. The highest BCUT2D eigenvalue weighted by Gasteiger charge is 2.15. The van der Waals surface area contributed by atoms with E-state index in [-0.39, 0.29) is 17.6 Å². The number of aromatic nitrogens is 1. The second kappa shape index (κ2) is 6.57. The van der Waals surface area contributed by atoms with E-state index in [4.69, 9.17) is 0 Å². The van der Waals surface area contributed by atoms with Gasteiger partial charge in [0.25, 0.3) is 0 Å². The van der Waals surface area contributed by atoms with E-state index < -0.39 is 0 Å². The number of aromatic amines is 1. The number of benzene rings is 2. The minimum absolute atomic E-state index is 0.0152. The molecule has 23 heavy (non-hydrogen) atoms. The first-order chi connectivity index (χ1) is 11.1. The normalized spacial score (nSPS) is 12.2. The van der Waals surface area contributed by atoms with Crippen LogP contribution >= 0.6 is 0 Å². The van der Waals surface area contributed by atoms with E-state index in [1.807, 2.05) is 37.4 Å². The van der Waals surface area contributed by atoms with Gasteiger partial charge < -0.3 is 15.4 Å². The Hall–Kier alpha value is -2.75. The smallest absolute Gasteiger partial charge is 0.223 e. The molecule has 0 fully saturated rings. The number of fused-ring (bicyclic) bond motifs is 1. The molecule has 2 aromatic carbocycles. The molecule has 1 amide bonds. The number of amides is 1. The van der Waals surface area contributed by atoms with Crippen LogP contribution in [-0.2, 0) is 17.8 Å². The summed E-state index contributed by atoms with van der Waals surface area (Å²) in [5.41, 5.74) is 2.95. The first-order valence-corrected chi connectivity index (χ1v) is 7.74. The van der Waals surface area contributed by atoms with Crippen LogP contribution in [0.1, 0.15) is 18.1 Å². The summed E-state index contributed by atoms with van der Waals surface area (Å²) in [5, 5.41) is 13.8. The molecular weight excluding hydrogens is 288 g/mol. The highest BCUT2D eigenvalue weighted by Crippen LogP contribution is 2.21. The Bertz CT molecular complexity index is 823. The Morgan fingerprint density at radius 3 is 2.70 bits per heavy atom. The average molecular weight is 308 g/mol. The number of carbonyl (C=O) groups excluding carboxylic acids is 1. The van der Waals surface area contributed by atoms with Crippen molar-refractivity contribution in [1.82, 2.24) is 10.3 Å². The molecule has 0 spiro atoms. The van der Waals surface area contributed by atoms with E-state index in [0.717, 1.165) is 22.0 Å². The zero-order valence-corrected chi connectivity index (χ0v) is 13.0. The number of phenolic OH excluding ortho intramolecular Hbond substituents is 1. The number of phenols is 1. The quantitative estimate of drug-likeness (QED) is 0.676. The van der Waals surface area contributed by atoms with E-state index in [0.29, 0.717) is 13.0 Å². The van der Waals surface area contributed by atoms with Crippen LogP contribution in [0.25, 0.3) is 10.9 Å². The molecule has 0 aliphatic rings. The van der Waals surface area contributed by atoms with Gasteiger partial charge in [-0.15, -0.1) is 0 Å². The minimum Gasteiger partial charge on any atom is -0.508 e. The number of para-hydroxylation sites is 2. The summed E-state index contributed by atoms with van der Waals surface area (Å²) >= 11 is 0. The monoisotopic (exact) mass is 308 g/mol. The lowest BCUT2D eigenvalue weighted by Gasteiger charge is -2.12. The van der Waals surface area contributed by atoms with Crippen LogP contribution < -0.4 is 5.32 Å². The topological polar surface area (TPSA) is 65.1 Å². The molecule has 3 aromatic rings. The summed E-state index contributed by atoms with van der Waals surface area (Å²) in [6, 6.07) is 15.1. The molecule has 0 saturated heterocycles. The van der Waals surface area contributed by atoms with E-state index in [2.05, 4.69) is 16.4 Å². The Morgan fingerprint density at radius 1 is 1.13 bits per heavy atom. The van der Waals surface area contributed by atoms with Crippen molar-refractivity contribution in [3.05, 3.63) is 65.9 Å². The maximum absolute atomic E-state index is 12.3. The molecule has 1 atom stereocenters. The van der Waals surface area contributed by atoms with Gasteiger partial charge in [0.15, 0.2) is 0 Å². The van der Waals surface area contributed by atoms with E-state index >= 15 is 0 Å². The molecule has 3 N–H and O–H groups in total. The average Bonchev–Trinajstić information content (AvgIpc) is 2.97. The van der Waals surface area contributed by atoms with E-state index in [1.54, 1.807) is 18.2 Å². The van der Waals surface area contributed by atoms with Gasteiger partial charge in [-0.1, -0.05) is 43.3 Å². The van der Waals surface area contributed by atoms with Gasteiger partial charge in [-0.25, -0.2) is 0 Å². The van der Waals surface area contributed by atoms with Gasteiger partial charge in [0.05, 0.1) is 0 Å². The second-order valence-corrected chi connectivity index (χ2v) is 5.81. The van der Waals surface area contributed by atoms with Gasteiger partial charge >= 0.3 is 0 Å². The summed E-state index contributed by atoms with van der Waals surface area (Å²) in [6.45, 7) is 2.26. The number of H-pyrrole nitrogens is 1. The van der Waals surface area contributed by atoms with Gasteiger partial charge in [-0.05, 0) is 24.1 Å². The maximum atomic E-state index is 12.3. The third-order valence-corrected chi connectivity index (χ3v) is 4.09. The zero-order valence-electron chi connectivity index (χ0n) is 13.0. The van der Waals surface area contributed by atoms with Gasteiger partial charge in [0.2, 0.25) is 5.91 Å². The number of hydrogen-bond acceptors (Lipinski definition) is 2. The van der Waals surface area contributed by atoms with Crippen molar-refractivity contribution >= 4 is 16.8 Å². The maximum Gasteiger partial charge on any atom is 0.223 e. The Kier molecular flexibility index (Phi) is 4.33. The lowest BCUT2D eigenvalue weighted by molar-refractivity contribution is -0.124. The minimum atomic E-state index is -0.139. The van der Waals surface area contributed by atoms with E-state index in [9.17, 15) is 9.90 Å². The van der Waals surface area contributed by atoms with Crippen molar-refractivity contribution in [2.24, 2.45) is 5.92 Å². The standard InChI is InChI=1S/C19H20N2O2/c1-13(10-15-12-20-17-8-4-3-7-16(15)17)19(23)21-11-14-6-2-5-9-18(14)22/h2-9,12-13,20,22H,10-11H2,1H3,(H,21,23). The number of rotatable bonds is 5. The van der Waals surface area contributed by atoms with Crippen LogP contribution in [0.5, 0.6) is 5.75 Å². The van der Waals surface area contributed by atoms with Crippen molar-refractivity contribution in [3.63, 3.8) is 0 Å². The van der Waals surface area contributed by atoms with E-state index in [1.165, 1.54) is 0 Å². The van der Waals surface area contributed by atoms with Crippen LogP contribution in [0.3, 0.4) is 0 Å². The Labute approximate surface area is 135 Å². The first kappa shape index (κ1) is 15.2. The molecular formula is C19H20N2O2. The SMILES string of the molecule is CC(Cc1c[nH]c2ccccc12)C(=O)NCc1ccccc1O. The predicted octanol–water partition coefficient (Wildman–Crippen LogP) is 3.37. The molecule has 4 heteroatoms. The third kappa shape index (κ3) is 3.37. The molecule has 1 heterocycles. The molecule has 0 bridgehead atoms. The van der Waals surface area contributed by atoms with Crippen molar-refractivity contribution in [1.29, 1.82) is 0 Å². The van der Waals surface area contributed by atoms with Gasteiger partial charge in [-0.3, -0.25) is 4.79 Å². The number of nitrogens with one attached hydrogen (secondary N) is 2. The van der Waals surface area contributed by atoms with Gasteiger partial charge in [0, 0.05) is 35.1 Å². The largest absolute Gasteiger partial charge is 0.508 e. The summed E-state index contributed by atoms with van der Waals surface area (Å²) in [5.74, 6) is 0.0516. The summed E-state index contributed by atoms with van der Waals surface area (Å²) < 4.78 is 0. The second-order valence-electron chi connectivity index (χ2n) is 5.81. The summed E-state index contributed by atoms with van der Waals surface area (Å²) in [7, 11) is 0. The third-order valence-electron chi connectivity index (χ3n) is 4.09. The number of aromatic hydroxyl groups is 1. The molecule has 0 saturated carbocycles. The lowest BCUT2D eigenvalue weighted by Crippen LogP contribution is -2.29. The fraction of sp³-hybridized carbons (Fsp3) is 0.211. The Morgan fingerprint density at radius 2 is 1.87 bits per heavy atom. The van der Waals surface area contributed by atoms with Crippen molar-refractivity contribution in [2.45, 2.75) is 19.9 Å². The first-order valence-electron chi connectivity index (χ1n) is 7.74. The molecule has 1 aromatic heterocycles. The van der Waals surface area contributed by atoms with Gasteiger partial charge in [0.1, 0.15) is 5.75 Å². The lowest BCUT2D eigenvalue weighted by atomic mass is 10.00. The van der Waals surface area contributed by atoms with Crippen molar-refractivity contribution in [2.75, 3.05) is 0 Å². The van der Waals surface area contributed by atoms with Crippen LogP contribution in [0.4, 0.5) is 0 Å². The number of hydrogen-bond donors (Lipinski definition) is 3. The van der Waals surface area contributed by atoms with Crippen molar-refractivity contribution < 1.29 is 9.90 Å². The van der Waals surface area contributed by atoms with Crippen LogP contribution in [0.2, 0.25) is 0 Å². The van der Waals surface area contributed by atoms with Gasteiger partial charge in [-0.2, -0.15) is 0 Å². The van der Waals surface area contributed by atoms with Crippen LogP contribution in [-0.4, -0.2) is 16.0 Å². The molecule has 4 nitrogen and oxygen atoms in total. The fourth-order valence-electron chi connectivity index (χ4n) is 2.74. The molecule has 0 aliphatic heterocycles.